The predicted octanol–water partition coefficient (Wildman–Crippen LogP) is 2.37. The molecule has 124 valence electrons. The summed E-state index contributed by atoms with van der Waals surface area (Å²) in [6.45, 7) is 1.36. The number of aromatic nitrogens is 1. The molecule has 1 N–H and O–H groups in total. The predicted molar refractivity (Wildman–Crippen MR) is 90.3 cm³/mol. The van der Waals surface area contributed by atoms with Gasteiger partial charge in [0.1, 0.15) is 11.4 Å². The molecule has 1 spiro atoms. The molecule has 2 aliphatic heterocycles. The molecule has 1 amide bonds. The molecule has 0 aliphatic carbocycles. The maximum atomic E-state index is 12.5. The molecule has 0 radical (unpaired) electrons. The van der Waals surface area contributed by atoms with Gasteiger partial charge in [-0.1, -0.05) is 18.2 Å². The minimum absolute atomic E-state index is 0.0303. The second kappa shape index (κ2) is 5.82. The van der Waals surface area contributed by atoms with Crippen LogP contribution in [0.1, 0.15) is 35.2 Å². The van der Waals surface area contributed by atoms with E-state index in [1.165, 1.54) is 17.8 Å². The van der Waals surface area contributed by atoms with Crippen LogP contribution in [0.25, 0.3) is 0 Å². The van der Waals surface area contributed by atoms with Crippen LogP contribution in [0.2, 0.25) is 0 Å². The summed E-state index contributed by atoms with van der Waals surface area (Å²) >= 11 is 0. The van der Waals surface area contributed by atoms with Crippen LogP contribution >= 0.6 is 0 Å². The topological polar surface area (TPSA) is 62.4 Å². The van der Waals surface area contributed by atoms with E-state index < -0.39 is 0 Å². The number of aryl methyl sites for hydroxylation is 1. The Balaban J connectivity index is 1.45. The summed E-state index contributed by atoms with van der Waals surface area (Å²) in [7, 11) is 0. The highest BCUT2D eigenvalue weighted by atomic mass is 16.5. The number of fused-ring (bicyclic) bond motifs is 1. The fraction of sp³-hybridized carbons (Fsp3) is 0.368. The first kappa shape index (κ1) is 15.0. The van der Waals surface area contributed by atoms with E-state index in [4.69, 9.17) is 4.74 Å². The number of ether oxygens (including phenoxy) is 1. The van der Waals surface area contributed by atoms with Crippen molar-refractivity contribution in [1.29, 1.82) is 0 Å². The lowest BCUT2D eigenvalue weighted by Crippen LogP contribution is -2.51. The second-order valence-corrected chi connectivity index (χ2v) is 6.63. The third-order valence-electron chi connectivity index (χ3n) is 5.14. The number of likely N-dealkylation sites (tertiary alicyclic amines) is 1. The number of aromatic amines is 1. The molecule has 3 heterocycles. The third kappa shape index (κ3) is 2.70. The van der Waals surface area contributed by atoms with E-state index >= 15 is 0 Å². The Morgan fingerprint density at radius 2 is 1.88 bits per heavy atom. The Kier molecular flexibility index (Phi) is 3.63. The highest BCUT2D eigenvalue weighted by Crippen LogP contribution is 2.39. The number of rotatable bonds is 1. The number of para-hydroxylation sites is 1. The molecule has 5 nitrogen and oxygen atoms in total. The Morgan fingerprint density at radius 3 is 2.62 bits per heavy atom. The van der Waals surface area contributed by atoms with Crippen molar-refractivity contribution in [3.05, 3.63) is 64.1 Å². The number of nitrogens with one attached hydrogen (secondary N) is 1. The number of nitrogens with zero attached hydrogens (tertiary/aromatic N) is 1. The average molecular weight is 324 g/mol. The molecule has 0 bridgehead atoms. The highest BCUT2D eigenvalue weighted by Gasteiger charge is 2.40. The molecule has 24 heavy (non-hydrogen) atoms. The SMILES string of the molecule is O=C(c1ccc(=O)[nH]c1)N1CCC2(CCc3ccccc3O2)CC1. The van der Waals surface area contributed by atoms with Crippen molar-refractivity contribution in [2.24, 2.45) is 0 Å². The Morgan fingerprint density at radius 1 is 1.08 bits per heavy atom. The number of benzene rings is 1. The van der Waals surface area contributed by atoms with Crippen LogP contribution in [0.15, 0.2) is 47.4 Å². The van der Waals surface area contributed by atoms with Crippen molar-refractivity contribution in [1.82, 2.24) is 9.88 Å². The lowest BCUT2D eigenvalue weighted by Gasteiger charge is -2.44. The summed E-state index contributed by atoms with van der Waals surface area (Å²) in [4.78, 5) is 28.1. The Bertz CT molecular complexity index is 799. The van der Waals surface area contributed by atoms with Crippen molar-refractivity contribution in [3.8, 4) is 5.75 Å². The van der Waals surface area contributed by atoms with Gasteiger partial charge in [0, 0.05) is 38.2 Å². The van der Waals surface area contributed by atoms with Gasteiger partial charge < -0.3 is 14.6 Å². The van der Waals surface area contributed by atoms with E-state index in [0.29, 0.717) is 18.7 Å². The number of H-pyrrole nitrogens is 1. The van der Waals surface area contributed by atoms with Crippen molar-refractivity contribution in [3.63, 3.8) is 0 Å². The molecule has 0 saturated carbocycles. The summed E-state index contributed by atoms with van der Waals surface area (Å²) in [5.74, 6) is 0.960. The number of carbonyl (C=O) groups excluding carboxylic acids is 1. The van der Waals surface area contributed by atoms with Crippen LogP contribution in [-0.2, 0) is 6.42 Å². The van der Waals surface area contributed by atoms with E-state index in [1.54, 1.807) is 6.07 Å². The maximum absolute atomic E-state index is 12.5. The molecule has 1 aromatic carbocycles. The fourth-order valence-electron chi connectivity index (χ4n) is 3.65. The van der Waals surface area contributed by atoms with Crippen LogP contribution < -0.4 is 10.3 Å². The van der Waals surface area contributed by atoms with Crippen LogP contribution in [0.3, 0.4) is 0 Å². The van der Waals surface area contributed by atoms with Gasteiger partial charge >= 0.3 is 0 Å². The van der Waals surface area contributed by atoms with Gasteiger partial charge in [-0.25, -0.2) is 0 Å². The van der Waals surface area contributed by atoms with Gasteiger partial charge in [-0.2, -0.15) is 0 Å². The largest absolute Gasteiger partial charge is 0.487 e. The molecule has 0 atom stereocenters. The van der Waals surface area contributed by atoms with Gasteiger partial charge in [0.15, 0.2) is 0 Å². The lowest BCUT2D eigenvalue weighted by atomic mass is 9.83. The first-order valence-electron chi connectivity index (χ1n) is 8.40. The monoisotopic (exact) mass is 324 g/mol. The first-order valence-corrected chi connectivity index (χ1v) is 8.40. The van der Waals surface area contributed by atoms with Crippen LogP contribution in [0, 0.1) is 0 Å². The van der Waals surface area contributed by atoms with Gasteiger partial charge in [0.2, 0.25) is 5.56 Å². The van der Waals surface area contributed by atoms with Crippen molar-refractivity contribution in [2.75, 3.05) is 13.1 Å². The fourth-order valence-corrected chi connectivity index (χ4v) is 3.65. The van der Waals surface area contributed by atoms with Crippen LogP contribution in [-0.4, -0.2) is 34.5 Å². The van der Waals surface area contributed by atoms with Crippen molar-refractivity contribution in [2.45, 2.75) is 31.3 Å². The smallest absolute Gasteiger partial charge is 0.255 e. The molecule has 2 aromatic rings. The minimum Gasteiger partial charge on any atom is -0.487 e. The van der Waals surface area contributed by atoms with E-state index in [0.717, 1.165) is 31.4 Å². The zero-order valence-corrected chi connectivity index (χ0v) is 13.5. The quantitative estimate of drug-likeness (QED) is 0.876. The summed E-state index contributed by atoms with van der Waals surface area (Å²) in [6, 6.07) is 11.2. The van der Waals surface area contributed by atoms with Gasteiger partial charge in [0.05, 0.1) is 5.56 Å². The van der Waals surface area contributed by atoms with Crippen molar-refractivity contribution < 1.29 is 9.53 Å². The van der Waals surface area contributed by atoms with Gasteiger partial charge in [-0.3, -0.25) is 9.59 Å². The summed E-state index contributed by atoms with van der Waals surface area (Å²) in [5.41, 5.74) is 1.46. The number of hydrogen-bond donors (Lipinski definition) is 1. The molecule has 4 rings (SSSR count). The minimum atomic E-state index is -0.196. The molecular formula is C19H20N2O3. The number of pyridine rings is 1. The molecule has 1 aromatic heterocycles. The van der Waals surface area contributed by atoms with Crippen LogP contribution in [0.5, 0.6) is 5.75 Å². The van der Waals surface area contributed by atoms with Crippen molar-refractivity contribution >= 4 is 5.91 Å². The summed E-state index contributed by atoms with van der Waals surface area (Å²) < 4.78 is 6.32. The number of amides is 1. The average Bonchev–Trinajstić information content (AvgIpc) is 2.62. The summed E-state index contributed by atoms with van der Waals surface area (Å²) in [5, 5.41) is 0. The molecular weight excluding hydrogens is 304 g/mol. The lowest BCUT2D eigenvalue weighted by molar-refractivity contribution is -0.0107. The third-order valence-corrected chi connectivity index (χ3v) is 5.14. The highest BCUT2D eigenvalue weighted by molar-refractivity contribution is 5.93. The normalized spacial score (nSPS) is 18.8. The molecule has 1 saturated heterocycles. The Hall–Kier alpha value is -2.56. The number of piperidine rings is 1. The maximum Gasteiger partial charge on any atom is 0.255 e. The zero-order chi connectivity index (χ0) is 16.6. The number of hydrogen-bond acceptors (Lipinski definition) is 3. The number of carbonyl (C=O) groups is 1. The zero-order valence-electron chi connectivity index (χ0n) is 13.5. The van der Waals surface area contributed by atoms with Gasteiger partial charge in [-0.15, -0.1) is 0 Å². The van der Waals surface area contributed by atoms with E-state index in [2.05, 4.69) is 11.1 Å². The molecule has 2 aliphatic rings. The van der Waals surface area contributed by atoms with Gasteiger partial charge in [-0.05, 0) is 30.5 Å². The van der Waals surface area contributed by atoms with E-state index in [-0.39, 0.29) is 17.1 Å². The van der Waals surface area contributed by atoms with Gasteiger partial charge in [0.25, 0.3) is 5.91 Å². The standard InChI is InChI=1S/C19H20N2O3/c22-17-6-5-15(13-20-17)18(23)21-11-9-19(10-12-21)8-7-14-3-1-2-4-16(14)24-19/h1-6,13H,7-12H2,(H,20,22). The molecule has 1 fully saturated rings. The Labute approximate surface area is 140 Å². The first-order chi connectivity index (χ1) is 11.7. The molecule has 0 unspecified atom stereocenters. The summed E-state index contributed by atoms with van der Waals surface area (Å²) in [6.07, 6.45) is 5.21. The van der Waals surface area contributed by atoms with Crippen LogP contribution in [0.4, 0.5) is 0 Å². The molecule has 5 heteroatoms. The van der Waals surface area contributed by atoms with E-state index in [1.807, 2.05) is 23.1 Å². The second-order valence-electron chi connectivity index (χ2n) is 6.63. The van der Waals surface area contributed by atoms with E-state index in [9.17, 15) is 9.59 Å².